The Morgan fingerprint density at radius 1 is 1.00 bits per heavy atom. The van der Waals surface area contributed by atoms with E-state index in [2.05, 4.69) is 0 Å². The molecule has 0 spiro atoms. The first kappa shape index (κ1) is 14.7. The van der Waals surface area contributed by atoms with Gasteiger partial charge in [0.2, 0.25) is 0 Å². The average Bonchev–Trinajstić information content (AvgIpc) is 2.25. The number of carbonyl (C=O) groups is 2. The van der Waals surface area contributed by atoms with Crippen LogP contribution in [0.1, 0.15) is 39.5 Å². The molecule has 0 aliphatic carbocycles. The Morgan fingerprint density at radius 3 is 2.19 bits per heavy atom. The molecule has 92 valence electrons. The molecule has 0 rings (SSSR count). The van der Waals surface area contributed by atoms with Crippen molar-refractivity contribution in [2.45, 2.75) is 39.5 Å². The molecule has 0 saturated heterocycles. The lowest BCUT2D eigenvalue weighted by atomic mass is 10.2. The van der Waals surface area contributed by atoms with E-state index in [4.69, 9.17) is 9.47 Å². The van der Waals surface area contributed by atoms with E-state index in [0.717, 1.165) is 6.42 Å². The second-order valence-electron chi connectivity index (χ2n) is 3.22. The summed E-state index contributed by atoms with van der Waals surface area (Å²) in [6, 6.07) is 0. The lowest BCUT2D eigenvalue weighted by molar-refractivity contribution is -0.144. The highest BCUT2D eigenvalue weighted by Gasteiger charge is 2.05. The summed E-state index contributed by atoms with van der Waals surface area (Å²) < 4.78 is 9.64. The minimum absolute atomic E-state index is 0.263. The summed E-state index contributed by atoms with van der Waals surface area (Å²) >= 11 is 0. The molecular formula is C12H20O4. The molecule has 4 nitrogen and oxygen atoms in total. The van der Waals surface area contributed by atoms with E-state index in [1.807, 2.05) is 19.1 Å². The van der Waals surface area contributed by atoms with Crippen molar-refractivity contribution in [1.82, 2.24) is 0 Å². The number of hydrogen-bond acceptors (Lipinski definition) is 4. The molecule has 0 unspecified atom stereocenters. The first-order valence-electron chi connectivity index (χ1n) is 5.66. The van der Waals surface area contributed by atoms with Gasteiger partial charge < -0.3 is 9.47 Å². The molecule has 0 fully saturated rings. The third-order valence-corrected chi connectivity index (χ3v) is 1.81. The zero-order valence-corrected chi connectivity index (χ0v) is 10.0. The van der Waals surface area contributed by atoms with Crippen LogP contribution in [-0.4, -0.2) is 25.2 Å². The molecule has 0 aromatic heterocycles. The van der Waals surface area contributed by atoms with Crippen molar-refractivity contribution in [3.63, 3.8) is 0 Å². The van der Waals surface area contributed by atoms with E-state index in [9.17, 15) is 9.59 Å². The maximum absolute atomic E-state index is 11.1. The van der Waals surface area contributed by atoms with Crippen molar-refractivity contribution in [3.05, 3.63) is 12.2 Å². The monoisotopic (exact) mass is 228 g/mol. The smallest absolute Gasteiger partial charge is 0.306 e. The van der Waals surface area contributed by atoms with Crippen LogP contribution < -0.4 is 0 Å². The number of allylic oxidation sites excluding steroid dienone is 1. The largest absolute Gasteiger partial charge is 0.466 e. The summed E-state index contributed by atoms with van der Waals surface area (Å²) in [7, 11) is 0. The molecule has 0 aliphatic rings. The second-order valence-corrected chi connectivity index (χ2v) is 3.22. The number of hydrogen-bond donors (Lipinski definition) is 0. The number of esters is 2. The SMILES string of the molecule is CC/C=C/COC(=O)CCCC(=O)OCC. The first-order valence-corrected chi connectivity index (χ1v) is 5.66. The van der Waals surface area contributed by atoms with Crippen LogP contribution in [0.25, 0.3) is 0 Å². The van der Waals surface area contributed by atoms with Crippen molar-refractivity contribution >= 4 is 11.9 Å². The number of carbonyl (C=O) groups excluding carboxylic acids is 2. The topological polar surface area (TPSA) is 52.6 Å². The molecule has 0 heterocycles. The van der Waals surface area contributed by atoms with Gasteiger partial charge in [0.05, 0.1) is 6.61 Å². The van der Waals surface area contributed by atoms with Crippen LogP contribution in [0.4, 0.5) is 0 Å². The fraction of sp³-hybridized carbons (Fsp3) is 0.667. The Kier molecular flexibility index (Phi) is 9.36. The lowest BCUT2D eigenvalue weighted by Crippen LogP contribution is -2.07. The standard InChI is InChI=1S/C12H20O4/c1-3-5-6-10-16-12(14)9-7-8-11(13)15-4-2/h5-6H,3-4,7-10H2,1-2H3/b6-5+. The van der Waals surface area contributed by atoms with Crippen molar-refractivity contribution in [3.8, 4) is 0 Å². The third-order valence-electron chi connectivity index (χ3n) is 1.81. The predicted molar refractivity (Wildman–Crippen MR) is 60.9 cm³/mol. The fourth-order valence-corrected chi connectivity index (χ4v) is 1.06. The molecule has 4 heteroatoms. The summed E-state index contributed by atoms with van der Waals surface area (Å²) in [5, 5.41) is 0. The van der Waals surface area contributed by atoms with Gasteiger partial charge in [0, 0.05) is 12.8 Å². The second kappa shape index (κ2) is 10.2. The molecule has 0 aromatic carbocycles. The van der Waals surface area contributed by atoms with Crippen molar-refractivity contribution in [1.29, 1.82) is 0 Å². The molecule has 0 saturated carbocycles. The van der Waals surface area contributed by atoms with Crippen LogP contribution in [-0.2, 0) is 19.1 Å². The van der Waals surface area contributed by atoms with Crippen LogP contribution in [0.5, 0.6) is 0 Å². The zero-order valence-electron chi connectivity index (χ0n) is 10.0. The van der Waals surface area contributed by atoms with Gasteiger partial charge in [0.1, 0.15) is 6.61 Å². The van der Waals surface area contributed by atoms with Crippen LogP contribution in [0.15, 0.2) is 12.2 Å². The van der Waals surface area contributed by atoms with Crippen molar-refractivity contribution in [2.24, 2.45) is 0 Å². The van der Waals surface area contributed by atoms with Gasteiger partial charge in [-0.1, -0.05) is 19.1 Å². The summed E-state index contributed by atoms with van der Waals surface area (Å²) in [6.45, 7) is 4.46. The van der Waals surface area contributed by atoms with Gasteiger partial charge in [0.15, 0.2) is 0 Å². The molecule has 16 heavy (non-hydrogen) atoms. The van der Waals surface area contributed by atoms with E-state index in [1.54, 1.807) is 6.92 Å². The van der Waals surface area contributed by atoms with E-state index >= 15 is 0 Å². The van der Waals surface area contributed by atoms with E-state index in [1.165, 1.54) is 0 Å². The minimum Gasteiger partial charge on any atom is -0.466 e. The molecule has 0 amide bonds. The zero-order chi connectivity index (χ0) is 12.2. The van der Waals surface area contributed by atoms with E-state index in [-0.39, 0.29) is 24.8 Å². The van der Waals surface area contributed by atoms with Gasteiger partial charge in [-0.3, -0.25) is 9.59 Å². The first-order chi connectivity index (χ1) is 7.70. The Hall–Kier alpha value is -1.32. The highest BCUT2D eigenvalue weighted by atomic mass is 16.5. The van der Waals surface area contributed by atoms with Gasteiger partial charge in [-0.05, 0) is 19.8 Å². The van der Waals surface area contributed by atoms with Gasteiger partial charge >= 0.3 is 11.9 Å². The maximum Gasteiger partial charge on any atom is 0.306 e. The number of rotatable bonds is 8. The quantitative estimate of drug-likeness (QED) is 0.472. The summed E-state index contributed by atoms with van der Waals surface area (Å²) in [5.41, 5.74) is 0. The number of ether oxygens (including phenoxy) is 2. The Labute approximate surface area is 96.6 Å². The highest BCUT2D eigenvalue weighted by Crippen LogP contribution is 1.99. The lowest BCUT2D eigenvalue weighted by Gasteiger charge is -2.02. The fourth-order valence-electron chi connectivity index (χ4n) is 1.06. The van der Waals surface area contributed by atoms with Crippen LogP contribution in [0.3, 0.4) is 0 Å². The van der Waals surface area contributed by atoms with Gasteiger partial charge in [-0.15, -0.1) is 0 Å². The van der Waals surface area contributed by atoms with Gasteiger partial charge in [0.25, 0.3) is 0 Å². The summed E-state index contributed by atoms with van der Waals surface area (Å²) in [4.78, 5) is 22.1. The van der Waals surface area contributed by atoms with Crippen molar-refractivity contribution in [2.75, 3.05) is 13.2 Å². The normalized spacial score (nSPS) is 10.4. The molecule has 0 radical (unpaired) electrons. The van der Waals surface area contributed by atoms with Crippen LogP contribution in [0.2, 0.25) is 0 Å². The average molecular weight is 228 g/mol. The highest BCUT2D eigenvalue weighted by molar-refractivity contribution is 5.72. The Balaban J connectivity index is 3.43. The van der Waals surface area contributed by atoms with Gasteiger partial charge in [-0.2, -0.15) is 0 Å². The molecule has 0 aromatic rings. The molecule has 0 aliphatic heterocycles. The van der Waals surface area contributed by atoms with Crippen LogP contribution in [0, 0.1) is 0 Å². The van der Waals surface area contributed by atoms with E-state index in [0.29, 0.717) is 19.6 Å². The summed E-state index contributed by atoms with van der Waals surface area (Å²) in [5.74, 6) is -0.536. The van der Waals surface area contributed by atoms with Crippen molar-refractivity contribution < 1.29 is 19.1 Å². The van der Waals surface area contributed by atoms with E-state index < -0.39 is 0 Å². The van der Waals surface area contributed by atoms with Crippen LogP contribution >= 0.6 is 0 Å². The maximum atomic E-state index is 11.1. The summed E-state index contributed by atoms with van der Waals surface area (Å²) in [6.07, 6.45) is 5.69. The Morgan fingerprint density at radius 2 is 1.62 bits per heavy atom. The minimum atomic E-state index is -0.273. The van der Waals surface area contributed by atoms with Gasteiger partial charge in [-0.25, -0.2) is 0 Å². The molecular weight excluding hydrogens is 208 g/mol. The molecule has 0 atom stereocenters. The molecule has 0 bridgehead atoms. The predicted octanol–water partition coefficient (Wildman–Crippen LogP) is 2.23. The molecule has 0 N–H and O–H groups in total. The third kappa shape index (κ3) is 9.24. The Bertz CT molecular complexity index is 233.